The smallest absolute Gasteiger partial charge is 0.276 e. The highest BCUT2D eigenvalue weighted by Gasteiger charge is 2.25. The van der Waals surface area contributed by atoms with E-state index in [4.69, 9.17) is 16.0 Å². The van der Waals surface area contributed by atoms with Gasteiger partial charge in [0.1, 0.15) is 11.5 Å². The van der Waals surface area contributed by atoms with Crippen LogP contribution in [0.5, 0.6) is 0 Å². The first-order valence-corrected chi connectivity index (χ1v) is 11.2. The third-order valence-corrected chi connectivity index (χ3v) is 6.05. The van der Waals surface area contributed by atoms with Crippen molar-refractivity contribution in [2.45, 2.75) is 17.9 Å². The summed E-state index contributed by atoms with van der Waals surface area (Å²) in [7, 11) is -4.08. The summed E-state index contributed by atoms with van der Waals surface area (Å²) in [6.07, 6.45) is -0.240. The summed E-state index contributed by atoms with van der Waals surface area (Å²) in [5.41, 5.74) is 0.305. The molecule has 0 amide bonds. The van der Waals surface area contributed by atoms with Crippen LogP contribution in [0.2, 0.25) is 5.02 Å². The number of fused-ring (bicyclic) bond motifs is 1. The number of benzene rings is 2. The Morgan fingerprint density at radius 2 is 1.97 bits per heavy atom. The largest absolute Gasteiger partial charge is 0.466 e. The van der Waals surface area contributed by atoms with Crippen molar-refractivity contribution in [3.8, 4) is 0 Å². The molecule has 1 unspecified atom stereocenters. The highest BCUT2D eigenvalue weighted by molar-refractivity contribution is 7.89. The van der Waals surface area contributed by atoms with E-state index in [-0.39, 0.29) is 22.1 Å². The SMILES string of the molecule is Cc1ccc(S(=O)(=O)N/N=C(/c2nc3ccc(Cl)cc3[nH]c2=O)C(O)c2ccco2)cc1. The average molecular weight is 473 g/mol. The second-order valence-electron chi connectivity index (χ2n) is 6.90. The predicted molar refractivity (Wildman–Crippen MR) is 119 cm³/mol. The maximum absolute atomic E-state index is 12.7. The number of nitrogens with zero attached hydrogens (tertiary/aromatic N) is 2. The van der Waals surface area contributed by atoms with Crippen LogP contribution >= 0.6 is 11.6 Å². The van der Waals surface area contributed by atoms with E-state index in [0.717, 1.165) is 5.56 Å². The Bertz CT molecular complexity index is 1460. The van der Waals surface area contributed by atoms with Crippen molar-refractivity contribution in [3.05, 3.63) is 93.3 Å². The van der Waals surface area contributed by atoms with E-state index in [1.54, 1.807) is 24.3 Å². The van der Waals surface area contributed by atoms with Crippen LogP contribution in [0, 0.1) is 6.92 Å². The summed E-state index contributed by atoms with van der Waals surface area (Å²) in [5.74, 6) is 0.0516. The molecule has 0 aliphatic heterocycles. The molecule has 4 aromatic rings. The van der Waals surface area contributed by atoms with Crippen LogP contribution < -0.4 is 10.4 Å². The Morgan fingerprint density at radius 1 is 1.22 bits per heavy atom. The molecule has 2 heterocycles. The van der Waals surface area contributed by atoms with Gasteiger partial charge in [0, 0.05) is 5.02 Å². The Labute approximate surface area is 187 Å². The van der Waals surface area contributed by atoms with Gasteiger partial charge < -0.3 is 14.5 Å². The normalized spacial score (nSPS) is 13.3. The number of aliphatic hydroxyl groups is 1. The van der Waals surface area contributed by atoms with Crippen molar-refractivity contribution in [1.82, 2.24) is 14.8 Å². The number of rotatable bonds is 6. The van der Waals surface area contributed by atoms with Crippen LogP contribution in [-0.2, 0) is 10.0 Å². The molecule has 164 valence electrons. The zero-order chi connectivity index (χ0) is 22.9. The number of hydrazone groups is 1. The number of aryl methyl sites for hydroxylation is 1. The van der Waals surface area contributed by atoms with E-state index in [1.165, 1.54) is 36.6 Å². The standard InChI is InChI=1S/C21H17ClN4O5S/c1-12-4-7-14(8-5-12)32(29,30)26-25-18(20(27)17-3-2-10-31-17)19-21(28)24-16-11-13(22)6-9-15(16)23-19/h2-11,20,26-27H,1H3,(H,24,28)/b25-18-. The molecule has 2 aromatic heterocycles. The van der Waals surface area contributed by atoms with Crippen molar-refractivity contribution in [2.24, 2.45) is 5.10 Å². The molecule has 0 fully saturated rings. The third-order valence-electron chi connectivity index (χ3n) is 4.59. The van der Waals surface area contributed by atoms with E-state index in [2.05, 4.69) is 19.9 Å². The molecule has 0 saturated heterocycles. The Balaban J connectivity index is 1.82. The Morgan fingerprint density at radius 3 is 2.66 bits per heavy atom. The quantitative estimate of drug-likeness (QED) is 0.291. The first-order valence-electron chi connectivity index (χ1n) is 9.32. The number of furan rings is 1. The van der Waals surface area contributed by atoms with Crippen molar-refractivity contribution in [2.75, 3.05) is 0 Å². The molecule has 0 aliphatic rings. The number of H-pyrrole nitrogens is 1. The molecule has 9 nitrogen and oxygen atoms in total. The number of nitrogens with one attached hydrogen (secondary N) is 2. The number of aromatic nitrogens is 2. The minimum atomic E-state index is -4.08. The summed E-state index contributed by atoms with van der Waals surface area (Å²) in [4.78, 5) is 21.6. The highest BCUT2D eigenvalue weighted by Crippen LogP contribution is 2.20. The lowest BCUT2D eigenvalue weighted by Crippen LogP contribution is -2.29. The molecule has 4 rings (SSSR count). The number of aliphatic hydroxyl groups excluding tert-OH is 1. The van der Waals surface area contributed by atoms with Crippen molar-refractivity contribution in [1.29, 1.82) is 0 Å². The maximum Gasteiger partial charge on any atom is 0.276 e. The van der Waals surface area contributed by atoms with Crippen molar-refractivity contribution < 1.29 is 17.9 Å². The zero-order valence-electron chi connectivity index (χ0n) is 16.6. The lowest BCUT2D eigenvalue weighted by Gasteiger charge is -2.12. The van der Waals surface area contributed by atoms with Gasteiger partial charge in [-0.05, 0) is 49.4 Å². The monoisotopic (exact) mass is 472 g/mol. The number of sulfonamides is 1. The van der Waals surface area contributed by atoms with E-state index in [1.807, 2.05) is 6.92 Å². The van der Waals surface area contributed by atoms with Gasteiger partial charge in [-0.2, -0.15) is 18.4 Å². The number of aromatic amines is 1. The highest BCUT2D eigenvalue weighted by atomic mass is 35.5. The van der Waals surface area contributed by atoms with E-state index in [0.29, 0.717) is 16.1 Å². The zero-order valence-corrected chi connectivity index (χ0v) is 18.2. The topological polar surface area (TPSA) is 138 Å². The molecule has 1 atom stereocenters. The summed E-state index contributed by atoms with van der Waals surface area (Å²) in [5, 5.41) is 15.1. The van der Waals surface area contributed by atoms with Crippen LogP contribution in [0.4, 0.5) is 0 Å². The summed E-state index contributed by atoms with van der Waals surface area (Å²) < 4.78 is 30.6. The van der Waals surface area contributed by atoms with E-state index < -0.39 is 21.7 Å². The second kappa shape index (κ2) is 8.58. The Kier molecular flexibility index (Phi) is 5.83. The minimum Gasteiger partial charge on any atom is -0.466 e. The van der Waals surface area contributed by atoms with Gasteiger partial charge >= 0.3 is 0 Å². The van der Waals surface area contributed by atoms with Crippen molar-refractivity contribution >= 4 is 38.4 Å². The van der Waals surface area contributed by atoms with Gasteiger partial charge in [-0.15, -0.1) is 0 Å². The van der Waals surface area contributed by atoms with Crippen LogP contribution in [-0.4, -0.2) is 29.2 Å². The number of hydrogen-bond donors (Lipinski definition) is 3. The first kappa shape index (κ1) is 21.8. The van der Waals surface area contributed by atoms with Gasteiger partial charge in [0.2, 0.25) is 0 Å². The molecule has 32 heavy (non-hydrogen) atoms. The van der Waals surface area contributed by atoms with Gasteiger partial charge in [-0.25, -0.2) is 4.98 Å². The summed E-state index contributed by atoms with van der Waals surface area (Å²) >= 11 is 5.96. The lowest BCUT2D eigenvalue weighted by atomic mass is 10.1. The molecular weight excluding hydrogens is 456 g/mol. The summed E-state index contributed by atoms with van der Waals surface area (Å²) in [6, 6.07) is 13.8. The lowest BCUT2D eigenvalue weighted by molar-refractivity contribution is 0.214. The number of hydrogen-bond acceptors (Lipinski definition) is 7. The molecular formula is C21H17ClN4O5S. The van der Waals surface area contributed by atoms with Gasteiger partial charge in [0.05, 0.1) is 22.2 Å². The maximum atomic E-state index is 12.7. The molecule has 0 saturated carbocycles. The first-order chi connectivity index (χ1) is 15.2. The fourth-order valence-electron chi connectivity index (χ4n) is 2.94. The average Bonchev–Trinajstić information content (AvgIpc) is 3.29. The van der Waals surface area contributed by atoms with E-state index >= 15 is 0 Å². The van der Waals surface area contributed by atoms with E-state index in [9.17, 15) is 18.3 Å². The molecule has 0 spiro atoms. The van der Waals surface area contributed by atoms with Crippen LogP contribution in [0.25, 0.3) is 11.0 Å². The van der Waals surface area contributed by atoms with Gasteiger partial charge in [0.15, 0.2) is 11.8 Å². The van der Waals surface area contributed by atoms with Crippen molar-refractivity contribution in [3.63, 3.8) is 0 Å². The van der Waals surface area contributed by atoms with Gasteiger partial charge in [-0.1, -0.05) is 29.3 Å². The van der Waals surface area contributed by atoms with Crippen LogP contribution in [0.1, 0.15) is 23.1 Å². The minimum absolute atomic E-state index is 0.0336. The molecule has 0 aliphatic carbocycles. The predicted octanol–water partition coefficient (Wildman–Crippen LogP) is 2.89. The molecule has 11 heteroatoms. The molecule has 2 aromatic carbocycles. The second-order valence-corrected chi connectivity index (χ2v) is 9.00. The number of halogens is 1. The molecule has 0 bridgehead atoms. The third kappa shape index (κ3) is 4.42. The summed E-state index contributed by atoms with van der Waals surface area (Å²) in [6.45, 7) is 1.82. The fourth-order valence-corrected chi connectivity index (χ4v) is 3.93. The van der Waals surface area contributed by atoms with Crippen LogP contribution in [0.3, 0.4) is 0 Å². The van der Waals surface area contributed by atoms with Gasteiger partial charge in [-0.3, -0.25) is 4.79 Å². The van der Waals surface area contributed by atoms with Gasteiger partial charge in [0.25, 0.3) is 15.6 Å². The Hall–Kier alpha value is -3.47. The van der Waals surface area contributed by atoms with Crippen LogP contribution in [0.15, 0.2) is 80.1 Å². The molecule has 0 radical (unpaired) electrons. The molecule has 3 N–H and O–H groups in total. The fraction of sp³-hybridized carbons (Fsp3) is 0.0952.